The molecular weight excluding hydrogens is 274 g/mol. The van der Waals surface area contributed by atoms with Crippen LogP contribution >= 0.6 is 0 Å². The molecule has 106 valence electrons. The molecule has 0 aliphatic rings. The van der Waals surface area contributed by atoms with E-state index in [0.29, 0.717) is 0 Å². The summed E-state index contributed by atoms with van der Waals surface area (Å²) in [6.07, 6.45) is 1.38. The van der Waals surface area contributed by atoms with Gasteiger partial charge in [0.05, 0.1) is 4.90 Å². The van der Waals surface area contributed by atoms with Gasteiger partial charge in [-0.3, -0.25) is 0 Å². The molecule has 20 heavy (non-hydrogen) atoms. The zero-order valence-electron chi connectivity index (χ0n) is 11.4. The van der Waals surface area contributed by atoms with Crippen LogP contribution in [0.5, 0.6) is 0 Å². The maximum atomic E-state index is 12.2. The third-order valence-electron chi connectivity index (χ3n) is 2.97. The summed E-state index contributed by atoms with van der Waals surface area (Å²) < 4.78 is 27.1. The number of aryl methyl sites for hydroxylation is 1. The van der Waals surface area contributed by atoms with E-state index in [-0.39, 0.29) is 16.8 Å². The fraction of sp³-hybridized carbons (Fsp3) is 0.214. The highest BCUT2D eigenvalue weighted by Gasteiger charge is 2.18. The van der Waals surface area contributed by atoms with Crippen LogP contribution in [0.4, 0.5) is 5.82 Å². The number of nitrogens with two attached hydrogens (primary N) is 1. The molecule has 0 radical (unpaired) electrons. The summed E-state index contributed by atoms with van der Waals surface area (Å²) >= 11 is 0. The van der Waals surface area contributed by atoms with E-state index in [1.54, 1.807) is 6.92 Å². The lowest BCUT2D eigenvalue weighted by Gasteiger charge is -2.15. The Morgan fingerprint density at radius 1 is 1.20 bits per heavy atom. The number of benzene rings is 1. The van der Waals surface area contributed by atoms with Crippen LogP contribution < -0.4 is 10.5 Å². The Balaban J connectivity index is 2.22. The number of rotatable bonds is 4. The number of hydrogen-bond donors (Lipinski definition) is 2. The van der Waals surface area contributed by atoms with Crippen molar-refractivity contribution in [3.63, 3.8) is 0 Å². The maximum absolute atomic E-state index is 12.2. The summed E-state index contributed by atoms with van der Waals surface area (Å²) in [5.74, 6) is 0.177. The van der Waals surface area contributed by atoms with Crippen molar-refractivity contribution in [2.24, 2.45) is 0 Å². The number of nitrogen functional groups attached to an aromatic ring is 1. The number of aromatic nitrogens is 1. The van der Waals surface area contributed by atoms with Crippen LogP contribution in [0, 0.1) is 6.92 Å². The third-order valence-corrected chi connectivity index (χ3v) is 4.51. The Morgan fingerprint density at radius 3 is 2.45 bits per heavy atom. The highest BCUT2D eigenvalue weighted by molar-refractivity contribution is 7.89. The summed E-state index contributed by atoms with van der Waals surface area (Å²) in [5.41, 5.74) is 7.54. The molecule has 0 saturated heterocycles. The van der Waals surface area contributed by atoms with Crippen LogP contribution in [-0.4, -0.2) is 13.4 Å². The second kappa shape index (κ2) is 5.60. The van der Waals surface area contributed by atoms with Crippen LogP contribution in [0.25, 0.3) is 0 Å². The van der Waals surface area contributed by atoms with Crippen molar-refractivity contribution in [3.05, 3.63) is 53.7 Å². The van der Waals surface area contributed by atoms with E-state index in [2.05, 4.69) is 9.71 Å². The largest absolute Gasteiger partial charge is 0.384 e. The van der Waals surface area contributed by atoms with Crippen molar-refractivity contribution in [2.75, 3.05) is 5.73 Å². The Morgan fingerprint density at radius 2 is 1.85 bits per heavy atom. The van der Waals surface area contributed by atoms with Gasteiger partial charge >= 0.3 is 0 Å². The molecular formula is C14H17N3O2S. The van der Waals surface area contributed by atoms with Crippen molar-refractivity contribution < 1.29 is 8.42 Å². The van der Waals surface area contributed by atoms with E-state index in [0.717, 1.165) is 11.1 Å². The average molecular weight is 291 g/mol. The number of nitrogens with one attached hydrogen (secondary N) is 1. The smallest absolute Gasteiger partial charge is 0.241 e. The van der Waals surface area contributed by atoms with Gasteiger partial charge in [-0.1, -0.05) is 29.8 Å². The molecule has 1 aromatic heterocycles. The summed E-state index contributed by atoms with van der Waals surface area (Å²) in [4.78, 5) is 3.90. The molecule has 2 rings (SSSR count). The van der Waals surface area contributed by atoms with Gasteiger partial charge in [0.25, 0.3) is 0 Å². The molecule has 0 aliphatic heterocycles. The van der Waals surface area contributed by atoms with E-state index in [1.807, 2.05) is 31.2 Å². The van der Waals surface area contributed by atoms with Gasteiger partial charge in [0, 0.05) is 18.3 Å². The molecule has 1 atom stereocenters. The van der Waals surface area contributed by atoms with Gasteiger partial charge < -0.3 is 5.73 Å². The number of nitrogens with zero attached hydrogens (tertiary/aromatic N) is 1. The molecule has 3 N–H and O–H groups in total. The summed E-state index contributed by atoms with van der Waals surface area (Å²) in [6, 6.07) is 10.1. The first kappa shape index (κ1) is 14.5. The number of pyridine rings is 1. The predicted molar refractivity (Wildman–Crippen MR) is 78.6 cm³/mol. The Bertz CT molecular complexity index is 697. The van der Waals surface area contributed by atoms with Gasteiger partial charge in [-0.25, -0.2) is 18.1 Å². The summed E-state index contributed by atoms with van der Waals surface area (Å²) in [6.45, 7) is 3.78. The lowest BCUT2D eigenvalue weighted by molar-refractivity contribution is 0.567. The van der Waals surface area contributed by atoms with Gasteiger partial charge in [-0.05, 0) is 25.5 Å². The van der Waals surface area contributed by atoms with Gasteiger partial charge in [-0.15, -0.1) is 0 Å². The van der Waals surface area contributed by atoms with Crippen molar-refractivity contribution in [1.29, 1.82) is 0 Å². The first-order chi connectivity index (χ1) is 9.38. The highest BCUT2D eigenvalue weighted by Crippen LogP contribution is 2.18. The van der Waals surface area contributed by atoms with Gasteiger partial charge in [0.15, 0.2) is 0 Å². The molecule has 0 aliphatic carbocycles. The van der Waals surface area contributed by atoms with Crippen molar-refractivity contribution in [3.8, 4) is 0 Å². The first-order valence-corrected chi connectivity index (χ1v) is 7.67. The molecule has 1 heterocycles. The summed E-state index contributed by atoms with van der Waals surface area (Å²) in [7, 11) is -3.61. The summed E-state index contributed by atoms with van der Waals surface area (Å²) in [5, 5.41) is 0. The fourth-order valence-electron chi connectivity index (χ4n) is 1.82. The predicted octanol–water partition coefficient (Wildman–Crippen LogP) is 2.01. The SMILES string of the molecule is Cc1ccc(C(C)NS(=O)(=O)c2ccnc(N)c2)cc1. The Kier molecular flexibility index (Phi) is 4.06. The molecule has 0 amide bonds. The highest BCUT2D eigenvalue weighted by atomic mass is 32.2. The molecule has 0 spiro atoms. The zero-order chi connectivity index (χ0) is 14.8. The normalized spacial score (nSPS) is 13.1. The van der Waals surface area contributed by atoms with E-state index in [9.17, 15) is 8.42 Å². The topological polar surface area (TPSA) is 85.1 Å². The van der Waals surface area contributed by atoms with Crippen LogP contribution in [0.3, 0.4) is 0 Å². The zero-order valence-corrected chi connectivity index (χ0v) is 12.2. The second-order valence-corrected chi connectivity index (χ2v) is 6.38. The minimum absolute atomic E-state index is 0.115. The Labute approximate surface area is 118 Å². The van der Waals surface area contributed by atoms with Gasteiger partial charge in [0.2, 0.25) is 10.0 Å². The average Bonchev–Trinajstić information content (AvgIpc) is 2.39. The van der Waals surface area contributed by atoms with Crippen LogP contribution in [0.2, 0.25) is 0 Å². The van der Waals surface area contributed by atoms with Crippen molar-refractivity contribution in [2.45, 2.75) is 24.8 Å². The van der Waals surface area contributed by atoms with Gasteiger partial charge in [-0.2, -0.15) is 0 Å². The lowest BCUT2D eigenvalue weighted by Crippen LogP contribution is -2.27. The minimum atomic E-state index is -3.61. The first-order valence-electron chi connectivity index (χ1n) is 6.19. The monoisotopic (exact) mass is 291 g/mol. The molecule has 0 fully saturated rings. The number of anilines is 1. The van der Waals surface area contributed by atoms with Crippen LogP contribution in [-0.2, 0) is 10.0 Å². The van der Waals surface area contributed by atoms with E-state index in [1.165, 1.54) is 18.3 Å². The molecule has 0 bridgehead atoms. The molecule has 2 aromatic rings. The number of sulfonamides is 1. The molecule has 1 unspecified atom stereocenters. The van der Waals surface area contributed by atoms with E-state index >= 15 is 0 Å². The van der Waals surface area contributed by atoms with Crippen molar-refractivity contribution >= 4 is 15.8 Å². The molecule has 5 nitrogen and oxygen atoms in total. The standard InChI is InChI=1S/C14H17N3O2S/c1-10-3-5-12(6-4-10)11(2)17-20(18,19)13-7-8-16-14(15)9-13/h3-9,11,17H,1-2H3,(H2,15,16). The molecule has 1 aromatic carbocycles. The maximum Gasteiger partial charge on any atom is 0.241 e. The quantitative estimate of drug-likeness (QED) is 0.902. The number of hydrogen-bond acceptors (Lipinski definition) is 4. The van der Waals surface area contributed by atoms with E-state index < -0.39 is 10.0 Å². The minimum Gasteiger partial charge on any atom is -0.384 e. The Hall–Kier alpha value is -1.92. The van der Waals surface area contributed by atoms with Crippen LogP contribution in [0.1, 0.15) is 24.1 Å². The second-order valence-electron chi connectivity index (χ2n) is 4.67. The van der Waals surface area contributed by atoms with Crippen molar-refractivity contribution in [1.82, 2.24) is 9.71 Å². The van der Waals surface area contributed by atoms with Gasteiger partial charge in [0.1, 0.15) is 5.82 Å². The fourth-order valence-corrected chi connectivity index (χ4v) is 3.07. The third kappa shape index (κ3) is 3.34. The molecule has 6 heteroatoms. The van der Waals surface area contributed by atoms with Crippen LogP contribution in [0.15, 0.2) is 47.5 Å². The van der Waals surface area contributed by atoms with E-state index in [4.69, 9.17) is 5.73 Å². The molecule has 0 saturated carbocycles. The lowest BCUT2D eigenvalue weighted by atomic mass is 10.1.